The normalized spacial score (nSPS) is 15.1. The summed E-state index contributed by atoms with van der Waals surface area (Å²) in [4.78, 5) is 22.9. The molecule has 2 heterocycles. The molecule has 3 aromatic rings. The molecule has 6 nitrogen and oxygen atoms in total. The fraction of sp³-hybridized carbons (Fsp3) is 0.0870. The molecule has 1 aliphatic rings. The van der Waals surface area contributed by atoms with E-state index in [4.69, 9.17) is 4.84 Å². The van der Waals surface area contributed by atoms with Gasteiger partial charge < -0.3 is 0 Å². The van der Waals surface area contributed by atoms with Gasteiger partial charge in [0.1, 0.15) is 0 Å². The monoisotopic (exact) mass is 382 g/mol. The van der Waals surface area contributed by atoms with E-state index in [-0.39, 0.29) is 0 Å². The van der Waals surface area contributed by atoms with Crippen LogP contribution >= 0.6 is 0 Å². The lowest BCUT2D eigenvalue weighted by Crippen LogP contribution is -2.34. The maximum absolute atomic E-state index is 11.8. The van der Waals surface area contributed by atoms with Crippen LogP contribution in [0.5, 0.6) is 0 Å². The van der Waals surface area contributed by atoms with E-state index in [1.54, 1.807) is 24.5 Å². The lowest BCUT2D eigenvalue weighted by molar-refractivity contribution is -0.109. The lowest BCUT2D eigenvalue weighted by atomic mass is 9.99. The molecule has 1 N–H and O–H groups in total. The summed E-state index contributed by atoms with van der Waals surface area (Å²) in [5.74, 6) is 0. The van der Waals surface area contributed by atoms with Gasteiger partial charge in [-0.25, -0.2) is 4.84 Å². The van der Waals surface area contributed by atoms with Crippen molar-refractivity contribution < 1.29 is 9.63 Å². The summed E-state index contributed by atoms with van der Waals surface area (Å²) in [5, 5.41) is 9.61. The number of hydroxylamine groups is 1. The second-order valence-corrected chi connectivity index (χ2v) is 6.56. The third-order valence-corrected chi connectivity index (χ3v) is 4.71. The SMILES string of the molecule is N#Cc1cc(N(C=O)C2C=C(c3cccnc3)NO2)ccc1Cc1ccccc1. The first-order valence-electron chi connectivity index (χ1n) is 9.13. The number of aromatic nitrogens is 1. The number of hydrogen-bond donors (Lipinski definition) is 1. The van der Waals surface area contributed by atoms with Gasteiger partial charge in [0.15, 0.2) is 6.23 Å². The second-order valence-electron chi connectivity index (χ2n) is 6.56. The van der Waals surface area contributed by atoms with Gasteiger partial charge in [0.25, 0.3) is 0 Å². The third-order valence-electron chi connectivity index (χ3n) is 4.71. The Labute approximate surface area is 168 Å². The molecule has 1 amide bonds. The molecule has 2 aromatic carbocycles. The van der Waals surface area contributed by atoms with E-state index in [9.17, 15) is 10.1 Å². The highest BCUT2D eigenvalue weighted by molar-refractivity contribution is 5.79. The number of pyridine rings is 1. The van der Waals surface area contributed by atoms with Gasteiger partial charge in [0.2, 0.25) is 6.41 Å². The second kappa shape index (κ2) is 8.38. The quantitative estimate of drug-likeness (QED) is 0.661. The van der Waals surface area contributed by atoms with Crippen LogP contribution in [-0.4, -0.2) is 17.6 Å². The third kappa shape index (κ3) is 4.00. The first kappa shape index (κ1) is 18.4. The summed E-state index contributed by atoms with van der Waals surface area (Å²) in [7, 11) is 0. The van der Waals surface area contributed by atoms with Gasteiger partial charge in [-0.05, 0) is 47.9 Å². The largest absolute Gasteiger partial charge is 0.282 e. The minimum Gasteiger partial charge on any atom is -0.282 e. The summed E-state index contributed by atoms with van der Waals surface area (Å²) in [6.07, 6.45) is 5.92. The first-order chi connectivity index (χ1) is 14.3. The molecule has 0 aliphatic carbocycles. The van der Waals surface area contributed by atoms with Crippen LogP contribution in [-0.2, 0) is 16.1 Å². The molecule has 4 rings (SSSR count). The maximum Gasteiger partial charge on any atom is 0.216 e. The summed E-state index contributed by atoms with van der Waals surface area (Å²) < 4.78 is 0. The van der Waals surface area contributed by atoms with Gasteiger partial charge in [0, 0.05) is 23.6 Å². The standard InChI is InChI=1S/C23H18N4O2/c24-14-20-12-21(9-8-18(20)11-17-5-2-1-3-6-17)27(16-28)23-13-22(26-29-23)19-7-4-10-25-15-19/h1-10,12-13,15-16,23,26H,11H2. The van der Waals surface area contributed by atoms with Gasteiger partial charge in [-0.15, -0.1) is 0 Å². The van der Waals surface area contributed by atoms with Crippen molar-refractivity contribution in [2.75, 3.05) is 4.90 Å². The molecule has 6 heteroatoms. The van der Waals surface area contributed by atoms with Crippen LogP contribution in [0.3, 0.4) is 0 Å². The minimum absolute atomic E-state index is 0.528. The summed E-state index contributed by atoms with van der Waals surface area (Å²) in [6, 6.07) is 21.3. The Morgan fingerprint density at radius 3 is 2.76 bits per heavy atom. The van der Waals surface area contributed by atoms with E-state index in [2.05, 4.69) is 16.5 Å². The van der Waals surface area contributed by atoms with E-state index < -0.39 is 6.23 Å². The number of nitrogens with one attached hydrogen (secondary N) is 1. The van der Waals surface area contributed by atoms with E-state index in [0.717, 1.165) is 22.4 Å². The van der Waals surface area contributed by atoms with E-state index in [1.807, 2.05) is 54.6 Å². The smallest absolute Gasteiger partial charge is 0.216 e. The van der Waals surface area contributed by atoms with Crippen LogP contribution in [0.4, 0.5) is 5.69 Å². The fourth-order valence-electron chi connectivity index (χ4n) is 3.22. The number of anilines is 1. The van der Waals surface area contributed by atoms with Gasteiger partial charge in [0.05, 0.1) is 17.3 Å². The van der Waals surface area contributed by atoms with Gasteiger partial charge >= 0.3 is 0 Å². The van der Waals surface area contributed by atoms with Gasteiger partial charge in [-0.3, -0.25) is 20.2 Å². The molecule has 29 heavy (non-hydrogen) atoms. The van der Waals surface area contributed by atoms with Crippen LogP contribution in [0, 0.1) is 11.3 Å². The van der Waals surface area contributed by atoms with Crippen molar-refractivity contribution in [1.82, 2.24) is 10.5 Å². The zero-order valence-corrected chi connectivity index (χ0v) is 15.5. The van der Waals surface area contributed by atoms with E-state index >= 15 is 0 Å². The molecule has 1 atom stereocenters. The van der Waals surface area contributed by atoms with Crippen molar-refractivity contribution in [3.63, 3.8) is 0 Å². The van der Waals surface area contributed by atoms with Crippen LogP contribution in [0.1, 0.15) is 22.3 Å². The highest BCUT2D eigenvalue weighted by Crippen LogP contribution is 2.26. The van der Waals surface area contributed by atoms with Gasteiger partial charge in [-0.1, -0.05) is 36.4 Å². The summed E-state index contributed by atoms with van der Waals surface area (Å²) in [5.41, 5.74) is 7.57. The van der Waals surface area contributed by atoms with Gasteiger partial charge in [-0.2, -0.15) is 5.26 Å². The van der Waals surface area contributed by atoms with Crippen LogP contribution in [0.15, 0.2) is 79.1 Å². The molecular formula is C23H18N4O2. The number of nitriles is 1. The molecule has 1 unspecified atom stereocenters. The first-order valence-corrected chi connectivity index (χ1v) is 9.13. The maximum atomic E-state index is 11.8. The fourth-order valence-corrected chi connectivity index (χ4v) is 3.22. The molecule has 142 valence electrons. The van der Waals surface area contributed by atoms with Crippen molar-refractivity contribution in [1.29, 1.82) is 5.26 Å². The Morgan fingerprint density at radius 2 is 2.03 bits per heavy atom. The molecule has 0 bridgehead atoms. The minimum atomic E-state index is -0.630. The predicted molar refractivity (Wildman–Crippen MR) is 109 cm³/mol. The van der Waals surface area contributed by atoms with Crippen molar-refractivity contribution in [3.05, 3.63) is 101 Å². The topological polar surface area (TPSA) is 78.2 Å². The molecule has 0 radical (unpaired) electrons. The number of rotatable bonds is 6. The Balaban J connectivity index is 1.59. The zero-order valence-electron chi connectivity index (χ0n) is 15.5. The highest BCUT2D eigenvalue weighted by atomic mass is 16.7. The Morgan fingerprint density at radius 1 is 1.17 bits per heavy atom. The zero-order chi connectivity index (χ0) is 20.1. The number of hydrogen-bond acceptors (Lipinski definition) is 5. The summed E-state index contributed by atoms with van der Waals surface area (Å²) >= 11 is 0. The molecular weight excluding hydrogens is 364 g/mol. The van der Waals surface area contributed by atoms with Crippen LogP contribution in [0.25, 0.3) is 5.70 Å². The van der Waals surface area contributed by atoms with Crippen LogP contribution < -0.4 is 10.4 Å². The molecule has 0 spiro atoms. The molecule has 1 aromatic heterocycles. The average molecular weight is 382 g/mol. The van der Waals surface area contributed by atoms with E-state index in [1.165, 1.54) is 4.90 Å². The average Bonchev–Trinajstić information content (AvgIpc) is 3.26. The Kier molecular flexibility index (Phi) is 5.32. The molecule has 0 saturated carbocycles. The Bertz CT molecular complexity index is 1080. The van der Waals surface area contributed by atoms with Crippen LogP contribution in [0.2, 0.25) is 0 Å². The molecule has 0 fully saturated rings. The number of benzene rings is 2. The predicted octanol–water partition coefficient (Wildman–Crippen LogP) is 3.41. The van der Waals surface area contributed by atoms with E-state index in [0.29, 0.717) is 24.1 Å². The highest BCUT2D eigenvalue weighted by Gasteiger charge is 2.25. The molecule has 1 aliphatic heterocycles. The molecule has 0 saturated heterocycles. The van der Waals surface area contributed by atoms with Crippen molar-refractivity contribution in [3.8, 4) is 6.07 Å². The summed E-state index contributed by atoms with van der Waals surface area (Å²) in [6.45, 7) is 0. The van der Waals surface area contributed by atoms with Crippen molar-refractivity contribution in [2.24, 2.45) is 0 Å². The number of amides is 1. The number of carbonyl (C=O) groups is 1. The Hall–Kier alpha value is -3.95. The number of nitrogens with zero attached hydrogens (tertiary/aromatic N) is 3. The number of carbonyl (C=O) groups excluding carboxylic acids is 1. The van der Waals surface area contributed by atoms with Crippen molar-refractivity contribution >= 4 is 17.8 Å². The lowest BCUT2D eigenvalue weighted by Gasteiger charge is -2.22. The van der Waals surface area contributed by atoms with Crippen molar-refractivity contribution in [2.45, 2.75) is 12.6 Å².